The van der Waals surface area contributed by atoms with Crippen molar-refractivity contribution >= 4 is 11.9 Å². The normalized spacial score (nSPS) is 11.7. The molecule has 1 atom stereocenters. The summed E-state index contributed by atoms with van der Waals surface area (Å²) in [5.74, 6) is -3.79. The van der Waals surface area contributed by atoms with Crippen LogP contribution in [0.3, 0.4) is 0 Å². The molecule has 1 unspecified atom stereocenters. The molecule has 0 N–H and O–H groups in total. The molecule has 0 heterocycles. The zero-order valence-corrected chi connectivity index (χ0v) is 32.0. The molecule has 0 radical (unpaired) electrons. The second-order valence-electron chi connectivity index (χ2n) is 10.9. The fourth-order valence-corrected chi connectivity index (χ4v) is 4.89. The molecule has 0 saturated heterocycles. The topological polar surface area (TPSA) is 80.3 Å². The Hall–Kier alpha value is 1.95. The van der Waals surface area contributed by atoms with Crippen LogP contribution in [0.1, 0.15) is 174 Å². The Morgan fingerprint density at radius 2 is 0.816 bits per heavy atom. The average molecular weight is 585 g/mol. The summed E-state index contributed by atoms with van der Waals surface area (Å²) in [6.07, 6.45) is 36.4. The maximum Gasteiger partial charge on any atom is 1.00 e. The molecule has 0 fully saturated rings. The Kier molecular flexibility index (Phi) is 43.2. The van der Waals surface area contributed by atoms with Gasteiger partial charge in [-0.05, 0) is 19.3 Å². The summed E-state index contributed by atoms with van der Waals surface area (Å²) in [5, 5.41) is 21.4. The van der Waals surface area contributed by atoms with Crippen molar-refractivity contribution in [1.82, 2.24) is 0 Å². The van der Waals surface area contributed by atoms with E-state index in [1.54, 1.807) is 6.08 Å². The van der Waals surface area contributed by atoms with Crippen molar-refractivity contribution in [3.05, 3.63) is 12.2 Å². The van der Waals surface area contributed by atoms with Gasteiger partial charge in [0.2, 0.25) is 0 Å². The Morgan fingerprint density at radius 3 is 1.08 bits per heavy atom. The molecule has 0 rings (SSSR count). The molecule has 0 amide bonds. The summed E-state index contributed by atoms with van der Waals surface area (Å²) in [6, 6.07) is 0. The van der Waals surface area contributed by atoms with Crippen LogP contribution in [0.5, 0.6) is 0 Å². The number of hydrogen-bond acceptors (Lipinski definition) is 4. The number of rotatable bonds is 29. The molecule has 0 aliphatic rings. The van der Waals surface area contributed by atoms with Gasteiger partial charge in [0, 0.05) is 17.9 Å². The van der Waals surface area contributed by atoms with Gasteiger partial charge >= 0.3 is 103 Å². The molecule has 38 heavy (non-hydrogen) atoms. The third kappa shape index (κ3) is 36.0. The van der Waals surface area contributed by atoms with E-state index in [0.29, 0.717) is 0 Å². The van der Waals surface area contributed by atoms with Crippen LogP contribution in [0.15, 0.2) is 12.2 Å². The molecule has 0 bridgehead atoms. The quantitative estimate of drug-likeness (QED) is 0.0764. The number of carboxylic acid groups (broad SMARTS) is 2. The first-order valence-corrected chi connectivity index (χ1v) is 15.6. The number of carboxylic acids is 2. The summed E-state index contributed by atoms with van der Waals surface area (Å²) in [6.45, 7) is 2.29. The molecule has 0 spiro atoms. The zero-order chi connectivity index (χ0) is 26.5. The molecule has 0 aromatic carbocycles. The van der Waals surface area contributed by atoms with Gasteiger partial charge in [-0.15, -0.1) is 0 Å². The molecule has 4 nitrogen and oxygen atoms in total. The third-order valence-electron chi connectivity index (χ3n) is 7.28. The smallest absolute Gasteiger partial charge is 0.550 e. The molecule has 6 heteroatoms. The monoisotopic (exact) mass is 584 g/mol. The average Bonchev–Trinajstić information content (AvgIpc) is 2.85. The van der Waals surface area contributed by atoms with Gasteiger partial charge < -0.3 is 19.8 Å². The number of aliphatic carboxylic acids is 2. The van der Waals surface area contributed by atoms with Gasteiger partial charge in [0.15, 0.2) is 0 Å². The van der Waals surface area contributed by atoms with E-state index in [9.17, 15) is 19.8 Å². The predicted molar refractivity (Wildman–Crippen MR) is 148 cm³/mol. The predicted octanol–water partition coefficient (Wildman–Crippen LogP) is 1.83. The van der Waals surface area contributed by atoms with Crippen molar-refractivity contribution in [2.24, 2.45) is 5.92 Å². The molecule has 0 aromatic rings. The Morgan fingerprint density at radius 1 is 0.526 bits per heavy atom. The van der Waals surface area contributed by atoms with E-state index in [0.717, 1.165) is 19.3 Å². The zero-order valence-electron chi connectivity index (χ0n) is 25.7. The Labute approximate surface area is 321 Å². The van der Waals surface area contributed by atoms with Crippen LogP contribution in [-0.4, -0.2) is 11.9 Å². The summed E-state index contributed by atoms with van der Waals surface area (Å²) < 4.78 is 0. The number of unbranched alkanes of at least 4 members (excludes halogenated alkanes) is 24. The van der Waals surface area contributed by atoms with Gasteiger partial charge in [0.05, 0.1) is 0 Å². The fourth-order valence-electron chi connectivity index (χ4n) is 4.89. The Bertz CT molecular complexity index is 526. The number of allylic oxidation sites excluding steroid dienone is 1. The maximum atomic E-state index is 10.9. The van der Waals surface area contributed by atoms with Gasteiger partial charge in [-0.1, -0.05) is 167 Å². The molecule has 0 saturated carbocycles. The van der Waals surface area contributed by atoms with Gasteiger partial charge in [0.25, 0.3) is 0 Å². The van der Waals surface area contributed by atoms with Gasteiger partial charge in [0.1, 0.15) is 0 Å². The van der Waals surface area contributed by atoms with Crippen molar-refractivity contribution in [3.63, 3.8) is 0 Å². The van der Waals surface area contributed by atoms with Crippen LogP contribution in [0.2, 0.25) is 0 Å². The minimum atomic E-state index is -1.36. The standard InChI is InChI=1S/C32H60O4.2K/c1-2-3-4-5-6-7-8-9-10-11-12-13-14-15-16-17-18-19-20-21-22-23-24-25-26-27-28-30(32(35)36)29-31(33)34;;/h27-28,30H,2-26,29H2,1H3,(H,33,34)(H,35,36);;/q;2*+1/p-2/b28-27+;;. The van der Waals surface area contributed by atoms with Crippen LogP contribution in [0.25, 0.3) is 0 Å². The minimum Gasteiger partial charge on any atom is -0.550 e. The molecular formula is C32H58K2O4. The number of carbonyl (C=O) groups is 2. The SMILES string of the molecule is CCCCCCCCCCCCCCCCCCCCCCCCCC/C=C/C(CC(=O)[O-])C(=O)[O-].[K+].[K+]. The van der Waals surface area contributed by atoms with Crippen LogP contribution in [-0.2, 0) is 9.59 Å². The molecule has 0 aliphatic carbocycles. The second-order valence-corrected chi connectivity index (χ2v) is 10.9. The van der Waals surface area contributed by atoms with Crippen LogP contribution < -0.4 is 113 Å². The van der Waals surface area contributed by atoms with Crippen LogP contribution in [0.4, 0.5) is 0 Å². The first-order valence-electron chi connectivity index (χ1n) is 15.6. The molecule has 0 aliphatic heterocycles. The van der Waals surface area contributed by atoms with Gasteiger partial charge in [-0.3, -0.25) is 0 Å². The third-order valence-corrected chi connectivity index (χ3v) is 7.28. The van der Waals surface area contributed by atoms with Crippen molar-refractivity contribution in [2.75, 3.05) is 0 Å². The first kappa shape index (κ1) is 44.4. The van der Waals surface area contributed by atoms with Gasteiger partial charge in [-0.25, -0.2) is 0 Å². The van der Waals surface area contributed by atoms with E-state index in [1.165, 1.54) is 147 Å². The van der Waals surface area contributed by atoms with E-state index >= 15 is 0 Å². The largest absolute Gasteiger partial charge is 1.00 e. The first-order chi connectivity index (χ1) is 17.6. The molecule has 212 valence electrons. The number of carbonyl (C=O) groups excluding carboxylic acids is 2. The van der Waals surface area contributed by atoms with Gasteiger partial charge in [-0.2, -0.15) is 0 Å². The van der Waals surface area contributed by atoms with Crippen molar-refractivity contribution in [1.29, 1.82) is 0 Å². The fraction of sp³-hybridized carbons (Fsp3) is 0.875. The van der Waals surface area contributed by atoms with E-state index in [-0.39, 0.29) is 103 Å². The van der Waals surface area contributed by atoms with Crippen molar-refractivity contribution in [3.8, 4) is 0 Å². The van der Waals surface area contributed by atoms with E-state index in [2.05, 4.69) is 6.92 Å². The summed E-state index contributed by atoms with van der Waals surface area (Å²) in [5.41, 5.74) is 0. The minimum absolute atomic E-state index is 0. The van der Waals surface area contributed by atoms with E-state index in [1.807, 2.05) is 0 Å². The maximum absolute atomic E-state index is 10.9. The summed E-state index contributed by atoms with van der Waals surface area (Å²) in [4.78, 5) is 21.4. The second kappa shape index (κ2) is 37.0. The summed E-state index contributed by atoms with van der Waals surface area (Å²) >= 11 is 0. The van der Waals surface area contributed by atoms with Crippen molar-refractivity contribution < 1.29 is 123 Å². The Balaban J connectivity index is -0.00000612. The summed E-state index contributed by atoms with van der Waals surface area (Å²) in [7, 11) is 0. The van der Waals surface area contributed by atoms with E-state index in [4.69, 9.17) is 0 Å². The number of hydrogen-bond donors (Lipinski definition) is 0. The molecular weight excluding hydrogens is 527 g/mol. The molecule has 0 aromatic heterocycles. The van der Waals surface area contributed by atoms with Crippen LogP contribution >= 0.6 is 0 Å². The van der Waals surface area contributed by atoms with E-state index < -0.39 is 24.3 Å². The van der Waals surface area contributed by atoms with Crippen molar-refractivity contribution in [2.45, 2.75) is 174 Å². The van der Waals surface area contributed by atoms with Crippen LogP contribution in [0, 0.1) is 5.92 Å².